The summed E-state index contributed by atoms with van der Waals surface area (Å²) in [5, 5.41) is 2.90. The molecule has 2 aliphatic rings. The van der Waals surface area contributed by atoms with E-state index in [1.165, 1.54) is 12.8 Å². The van der Waals surface area contributed by atoms with Crippen LogP contribution in [0.15, 0.2) is 30.3 Å². The smallest absolute Gasteiger partial charge is 0.239 e. The van der Waals surface area contributed by atoms with Crippen molar-refractivity contribution in [2.24, 2.45) is 0 Å². The molecule has 1 aliphatic heterocycles. The van der Waals surface area contributed by atoms with Gasteiger partial charge < -0.3 is 10.2 Å². The molecule has 0 unspecified atom stereocenters. The van der Waals surface area contributed by atoms with Crippen molar-refractivity contribution in [2.75, 3.05) is 23.0 Å². The van der Waals surface area contributed by atoms with Gasteiger partial charge in [0.15, 0.2) is 9.84 Å². The molecule has 6 heteroatoms. The number of hydrogen-bond donors (Lipinski definition) is 1. The molecular weight excluding hydrogens is 312 g/mol. The second kappa shape index (κ2) is 6.91. The molecule has 1 saturated carbocycles. The van der Waals surface area contributed by atoms with Crippen molar-refractivity contribution in [1.29, 1.82) is 0 Å². The topological polar surface area (TPSA) is 66.5 Å². The summed E-state index contributed by atoms with van der Waals surface area (Å²) in [5.41, 5.74) is 1.06. The summed E-state index contributed by atoms with van der Waals surface area (Å²) in [4.78, 5) is 14.6. The summed E-state index contributed by atoms with van der Waals surface area (Å²) in [5.74, 6) is 0.180. The highest BCUT2D eigenvalue weighted by Gasteiger charge is 2.30. The number of amides is 1. The highest BCUT2D eigenvalue weighted by atomic mass is 32.2. The van der Waals surface area contributed by atoms with E-state index in [0.29, 0.717) is 19.0 Å². The van der Waals surface area contributed by atoms with Crippen molar-refractivity contribution in [1.82, 2.24) is 5.32 Å². The number of carbonyl (C=O) groups is 1. The number of nitrogens with zero attached hydrogens (tertiary/aromatic N) is 1. The fourth-order valence-electron chi connectivity index (χ4n) is 3.60. The Kier molecular flexibility index (Phi) is 4.90. The molecule has 1 N–H and O–H groups in total. The van der Waals surface area contributed by atoms with Gasteiger partial charge in [-0.1, -0.05) is 31.0 Å². The van der Waals surface area contributed by atoms with Gasteiger partial charge in [-0.15, -0.1) is 0 Å². The van der Waals surface area contributed by atoms with Gasteiger partial charge in [-0.2, -0.15) is 0 Å². The Balaban J connectivity index is 1.65. The summed E-state index contributed by atoms with van der Waals surface area (Å²) in [6.07, 6.45) is 5.16. The summed E-state index contributed by atoms with van der Waals surface area (Å²) >= 11 is 0. The molecule has 1 saturated heterocycles. The lowest BCUT2D eigenvalue weighted by molar-refractivity contribution is -0.120. The van der Waals surface area contributed by atoms with E-state index < -0.39 is 9.84 Å². The van der Waals surface area contributed by atoms with Gasteiger partial charge >= 0.3 is 0 Å². The SMILES string of the molecule is O=C(CN(c1ccccc1)C1CCCC1)N[C@H]1CCS(=O)(=O)C1. The minimum Gasteiger partial charge on any atom is -0.359 e. The zero-order valence-corrected chi connectivity index (χ0v) is 14.1. The first-order chi connectivity index (χ1) is 11.0. The zero-order valence-electron chi connectivity index (χ0n) is 13.3. The lowest BCUT2D eigenvalue weighted by Crippen LogP contribution is -2.45. The predicted octanol–water partition coefficient (Wildman–Crippen LogP) is 1.74. The molecule has 2 fully saturated rings. The number of hydrogen-bond acceptors (Lipinski definition) is 4. The molecule has 1 amide bonds. The Labute approximate surface area is 138 Å². The quantitative estimate of drug-likeness (QED) is 0.889. The molecule has 126 valence electrons. The lowest BCUT2D eigenvalue weighted by Gasteiger charge is -2.31. The van der Waals surface area contributed by atoms with Gasteiger partial charge in [-0.25, -0.2) is 8.42 Å². The van der Waals surface area contributed by atoms with E-state index in [-0.39, 0.29) is 23.5 Å². The molecule has 0 spiro atoms. The summed E-state index contributed by atoms with van der Waals surface area (Å²) in [6, 6.07) is 10.2. The first kappa shape index (κ1) is 16.3. The molecular formula is C17H24N2O3S. The van der Waals surface area contributed by atoms with Crippen molar-refractivity contribution < 1.29 is 13.2 Å². The minimum absolute atomic E-state index is 0.0769. The van der Waals surface area contributed by atoms with E-state index >= 15 is 0 Å². The Morgan fingerprint density at radius 2 is 1.83 bits per heavy atom. The highest BCUT2D eigenvalue weighted by Crippen LogP contribution is 2.28. The number of sulfone groups is 1. The second-order valence-corrected chi connectivity index (χ2v) is 8.80. The molecule has 0 aromatic heterocycles. The monoisotopic (exact) mass is 336 g/mol. The molecule has 1 aromatic carbocycles. The summed E-state index contributed by atoms with van der Waals surface area (Å²) in [6.45, 7) is 0.297. The van der Waals surface area contributed by atoms with E-state index in [4.69, 9.17) is 0 Å². The molecule has 23 heavy (non-hydrogen) atoms. The van der Waals surface area contributed by atoms with Crippen molar-refractivity contribution in [3.05, 3.63) is 30.3 Å². The van der Waals surface area contributed by atoms with Gasteiger partial charge in [0.1, 0.15) is 0 Å². The third-order valence-electron chi connectivity index (χ3n) is 4.76. The third-order valence-corrected chi connectivity index (χ3v) is 6.53. The molecule has 0 bridgehead atoms. The maximum Gasteiger partial charge on any atom is 0.239 e. The lowest BCUT2D eigenvalue weighted by atomic mass is 10.1. The van der Waals surface area contributed by atoms with Crippen LogP contribution >= 0.6 is 0 Å². The molecule has 1 aliphatic carbocycles. The van der Waals surface area contributed by atoms with E-state index in [9.17, 15) is 13.2 Å². The van der Waals surface area contributed by atoms with Gasteiger partial charge in [0, 0.05) is 17.8 Å². The normalized spacial score (nSPS) is 23.7. The van der Waals surface area contributed by atoms with Gasteiger partial charge in [0.05, 0.1) is 18.1 Å². The standard InChI is InChI=1S/C17H24N2O3S/c20-17(18-14-10-11-23(21,22)13-14)12-19(16-8-4-5-9-16)15-6-2-1-3-7-15/h1-3,6-7,14,16H,4-5,8-13H2,(H,18,20)/t14-/m0/s1. The van der Waals surface area contributed by atoms with Crippen LogP contribution in [-0.2, 0) is 14.6 Å². The first-order valence-electron chi connectivity index (χ1n) is 8.35. The summed E-state index contributed by atoms with van der Waals surface area (Å²) in [7, 11) is -2.97. The van der Waals surface area contributed by atoms with Crippen molar-refractivity contribution in [3.63, 3.8) is 0 Å². The van der Waals surface area contributed by atoms with E-state index in [1.807, 2.05) is 30.3 Å². The van der Waals surface area contributed by atoms with Gasteiger partial charge in [0.2, 0.25) is 5.91 Å². The minimum atomic E-state index is -2.97. The van der Waals surface area contributed by atoms with Crippen molar-refractivity contribution in [2.45, 2.75) is 44.2 Å². The number of rotatable bonds is 5. The van der Waals surface area contributed by atoms with Crippen LogP contribution < -0.4 is 10.2 Å². The maximum absolute atomic E-state index is 12.4. The van der Waals surface area contributed by atoms with E-state index in [1.54, 1.807) is 0 Å². The number of carbonyl (C=O) groups excluding carboxylic acids is 1. The Morgan fingerprint density at radius 3 is 2.43 bits per heavy atom. The van der Waals surface area contributed by atoms with Crippen LogP contribution in [-0.4, -0.2) is 44.5 Å². The molecule has 1 heterocycles. The summed E-state index contributed by atoms with van der Waals surface area (Å²) < 4.78 is 23.0. The number of benzene rings is 1. The van der Waals surface area contributed by atoms with Crippen LogP contribution in [0.2, 0.25) is 0 Å². The van der Waals surface area contributed by atoms with Crippen LogP contribution in [0.25, 0.3) is 0 Å². The van der Waals surface area contributed by atoms with Crippen molar-refractivity contribution >= 4 is 21.4 Å². The fraction of sp³-hybridized carbons (Fsp3) is 0.588. The Hall–Kier alpha value is -1.56. The van der Waals surface area contributed by atoms with Gasteiger partial charge in [-0.3, -0.25) is 4.79 Å². The molecule has 3 rings (SSSR count). The predicted molar refractivity (Wildman–Crippen MR) is 91.2 cm³/mol. The number of anilines is 1. The van der Waals surface area contributed by atoms with Crippen LogP contribution in [0, 0.1) is 0 Å². The van der Waals surface area contributed by atoms with Crippen molar-refractivity contribution in [3.8, 4) is 0 Å². The average Bonchev–Trinajstić information content (AvgIpc) is 3.15. The highest BCUT2D eigenvalue weighted by molar-refractivity contribution is 7.91. The van der Waals surface area contributed by atoms with Crippen LogP contribution in [0.3, 0.4) is 0 Å². The van der Waals surface area contributed by atoms with Crippen LogP contribution in [0.4, 0.5) is 5.69 Å². The molecule has 5 nitrogen and oxygen atoms in total. The third kappa shape index (κ3) is 4.25. The second-order valence-electron chi connectivity index (χ2n) is 6.57. The Bertz CT molecular complexity index is 639. The number of nitrogens with one attached hydrogen (secondary N) is 1. The largest absolute Gasteiger partial charge is 0.359 e. The Morgan fingerprint density at radius 1 is 1.13 bits per heavy atom. The maximum atomic E-state index is 12.4. The van der Waals surface area contributed by atoms with E-state index in [2.05, 4.69) is 10.2 Å². The molecule has 0 radical (unpaired) electrons. The number of para-hydroxylation sites is 1. The van der Waals surface area contributed by atoms with Crippen LogP contribution in [0.1, 0.15) is 32.1 Å². The van der Waals surface area contributed by atoms with Crippen LogP contribution in [0.5, 0.6) is 0 Å². The molecule has 1 atom stereocenters. The van der Waals surface area contributed by atoms with E-state index in [0.717, 1.165) is 18.5 Å². The van der Waals surface area contributed by atoms with Gasteiger partial charge in [-0.05, 0) is 31.4 Å². The fourth-order valence-corrected chi connectivity index (χ4v) is 5.28. The first-order valence-corrected chi connectivity index (χ1v) is 10.2. The average molecular weight is 336 g/mol. The van der Waals surface area contributed by atoms with Gasteiger partial charge in [0.25, 0.3) is 0 Å². The zero-order chi connectivity index (χ0) is 16.3. The molecule has 1 aromatic rings.